The quantitative estimate of drug-likeness (QED) is 0.854. The molecule has 0 amide bonds. The first-order chi connectivity index (χ1) is 13.6. The third-order valence-corrected chi connectivity index (χ3v) is 5.43. The van der Waals surface area contributed by atoms with Crippen molar-refractivity contribution < 1.29 is 9.47 Å². The molecule has 0 radical (unpaired) electrons. The van der Waals surface area contributed by atoms with Crippen LogP contribution in [-0.2, 0) is 4.74 Å². The second-order valence-electron chi connectivity index (χ2n) is 7.29. The molecule has 0 aliphatic carbocycles. The highest BCUT2D eigenvalue weighted by Crippen LogP contribution is 2.36. The summed E-state index contributed by atoms with van der Waals surface area (Å²) in [4.78, 5) is 23.8. The molecule has 1 N–H and O–H groups in total. The topological polar surface area (TPSA) is 97.7 Å². The highest BCUT2D eigenvalue weighted by Gasteiger charge is 2.47. The van der Waals surface area contributed by atoms with Gasteiger partial charge >= 0.3 is 6.01 Å². The van der Waals surface area contributed by atoms with Crippen molar-refractivity contribution in [1.29, 1.82) is 0 Å². The molecule has 2 aromatic heterocycles. The molecule has 2 atom stereocenters. The normalized spacial score (nSPS) is 24.7. The van der Waals surface area contributed by atoms with E-state index in [1.165, 1.54) is 13.4 Å². The van der Waals surface area contributed by atoms with Crippen molar-refractivity contribution in [3.8, 4) is 17.3 Å². The highest BCUT2D eigenvalue weighted by atomic mass is 16.5. The number of ether oxygens (including phenoxy) is 2. The number of amidine groups is 1. The molecule has 1 spiro atoms. The minimum atomic E-state index is -0.246. The first-order valence-electron chi connectivity index (χ1n) is 9.49. The summed E-state index contributed by atoms with van der Waals surface area (Å²) in [5, 5.41) is 3.20. The van der Waals surface area contributed by atoms with E-state index in [4.69, 9.17) is 9.47 Å². The summed E-state index contributed by atoms with van der Waals surface area (Å²) in [5.74, 6) is 1.12. The van der Waals surface area contributed by atoms with Gasteiger partial charge in [0.2, 0.25) is 0 Å². The lowest BCUT2D eigenvalue weighted by Crippen LogP contribution is -2.55. The summed E-state index contributed by atoms with van der Waals surface area (Å²) in [6.45, 7) is 4.88. The molecule has 1 saturated heterocycles. The Kier molecular flexibility index (Phi) is 5.08. The Morgan fingerprint density at radius 1 is 1.29 bits per heavy atom. The zero-order chi connectivity index (χ0) is 19.6. The van der Waals surface area contributed by atoms with Crippen LogP contribution in [0.2, 0.25) is 0 Å². The first kappa shape index (κ1) is 18.5. The fourth-order valence-corrected chi connectivity index (χ4v) is 3.95. The average molecular weight is 383 g/mol. The van der Waals surface area contributed by atoms with Crippen molar-refractivity contribution in [2.24, 2.45) is 10.9 Å². The zero-order valence-corrected chi connectivity index (χ0v) is 16.4. The first-order valence-corrected chi connectivity index (χ1v) is 9.49. The van der Waals surface area contributed by atoms with E-state index >= 15 is 0 Å². The standard InChI is InChI=1S/C19H25N7O2/c1-4-14-5-6-26(2)11-19(14)10-22-18(28-19)25-16-7-15(23-12-24-16)13-8-20-17(27-3)21-9-13/h7-9,12,14H,4-6,10-11H2,1-3H3,(H,22,23,24,25)/t14?,19-/m0/s1. The van der Waals surface area contributed by atoms with Gasteiger partial charge in [0.25, 0.3) is 6.02 Å². The lowest BCUT2D eigenvalue weighted by Gasteiger charge is -2.43. The Morgan fingerprint density at radius 2 is 2.11 bits per heavy atom. The Hall–Kier alpha value is -2.81. The van der Waals surface area contributed by atoms with Crippen LogP contribution in [0.5, 0.6) is 6.01 Å². The van der Waals surface area contributed by atoms with E-state index in [-0.39, 0.29) is 5.60 Å². The summed E-state index contributed by atoms with van der Waals surface area (Å²) in [7, 11) is 3.67. The van der Waals surface area contributed by atoms with Crippen molar-refractivity contribution in [3.05, 3.63) is 24.8 Å². The van der Waals surface area contributed by atoms with Crippen molar-refractivity contribution >= 4 is 11.8 Å². The molecule has 0 aromatic carbocycles. The van der Waals surface area contributed by atoms with Gasteiger partial charge in [0, 0.05) is 36.5 Å². The molecular weight excluding hydrogens is 358 g/mol. The summed E-state index contributed by atoms with van der Waals surface area (Å²) in [6.07, 6.45) is 7.05. The van der Waals surface area contributed by atoms with E-state index in [1.807, 2.05) is 6.07 Å². The molecule has 148 valence electrons. The van der Waals surface area contributed by atoms with Gasteiger partial charge in [0.15, 0.2) is 0 Å². The number of hydrogen-bond acceptors (Lipinski definition) is 9. The summed E-state index contributed by atoms with van der Waals surface area (Å²) in [6, 6.07) is 2.66. The fourth-order valence-electron chi connectivity index (χ4n) is 3.95. The summed E-state index contributed by atoms with van der Waals surface area (Å²) >= 11 is 0. The van der Waals surface area contributed by atoms with Crippen LogP contribution < -0.4 is 10.1 Å². The van der Waals surface area contributed by atoms with Gasteiger partial charge in [-0.15, -0.1) is 0 Å². The predicted molar refractivity (Wildman–Crippen MR) is 105 cm³/mol. The molecule has 4 heterocycles. The molecule has 1 unspecified atom stereocenters. The van der Waals surface area contributed by atoms with Gasteiger partial charge in [-0.25, -0.2) is 24.9 Å². The molecule has 2 aromatic rings. The third-order valence-electron chi connectivity index (χ3n) is 5.43. The molecule has 0 bridgehead atoms. The van der Waals surface area contributed by atoms with Crippen LogP contribution in [0, 0.1) is 5.92 Å². The molecule has 9 nitrogen and oxygen atoms in total. The molecule has 2 aliphatic heterocycles. The molecule has 9 heteroatoms. The predicted octanol–water partition coefficient (Wildman–Crippen LogP) is 1.84. The van der Waals surface area contributed by atoms with Gasteiger partial charge in [-0.3, -0.25) is 5.32 Å². The number of nitrogens with one attached hydrogen (secondary N) is 1. The maximum atomic E-state index is 6.34. The van der Waals surface area contributed by atoms with Crippen LogP contribution in [0.1, 0.15) is 19.8 Å². The van der Waals surface area contributed by atoms with Crippen molar-refractivity contribution in [2.75, 3.05) is 39.1 Å². The van der Waals surface area contributed by atoms with Gasteiger partial charge in [-0.05, 0) is 26.4 Å². The number of piperidine rings is 1. The smallest absolute Gasteiger partial charge is 0.316 e. The number of hydrogen-bond donors (Lipinski definition) is 1. The van der Waals surface area contributed by atoms with Crippen LogP contribution in [-0.4, -0.2) is 70.3 Å². The minimum Gasteiger partial charge on any atom is -0.467 e. The Bertz CT molecular complexity index is 858. The largest absolute Gasteiger partial charge is 0.467 e. The van der Waals surface area contributed by atoms with Crippen molar-refractivity contribution in [1.82, 2.24) is 24.8 Å². The Labute approximate surface area is 164 Å². The lowest BCUT2D eigenvalue weighted by atomic mass is 9.79. The molecule has 28 heavy (non-hydrogen) atoms. The summed E-state index contributed by atoms with van der Waals surface area (Å²) in [5.41, 5.74) is 1.23. The maximum absolute atomic E-state index is 6.34. The van der Waals surface area contributed by atoms with Gasteiger partial charge in [-0.1, -0.05) is 6.92 Å². The molecule has 4 rings (SSSR count). The average Bonchev–Trinajstić information content (AvgIpc) is 3.10. The van der Waals surface area contributed by atoms with Crippen LogP contribution in [0.4, 0.5) is 5.82 Å². The number of methoxy groups -OCH3 is 1. The molecule has 1 fully saturated rings. The third kappa shape index (κ3) is 3.62. The number of aliphatic imine (C=N–C) groups is 1. The van der Waals surface area contributed by atoms with Crippen LogP contribution in [0.3, 0.4) is 0 Å². The van der Waals surface area contributed by atoms with Gasteiger partial charge < -0.3 is 14.4 Å². The monoisotopic (exact) mass is 383 g/mol. The van der Waals surface area contributed by atoms with E-state index in [0.717, 1.165) is 31.5 Å². The van der Waals surface area contributed by atoms with Crippen molar-refractivity contribution in [2.45, 2.75) is 25.4 Å². The highest BCUT2D eigenvalue weighted by molar-refractivity contribution is 5.90. The Balaban J connectivity index is 1.48. The molecule has 2 aliphatic rings. The number of likely N-dealkylation sites (N-methyl/N-ethyl adjacent to an activating group) is 1. The van der Waals surface area contributed by atoms with E-state index in [1.54, 1.807) is 12.4 Å². The van der Waals surface area contributed by atoms with E-state index in [2.05, 4.69) is 49.1 Å². The fraction of sp³-hybridized carbons (Fsp3) is 0.526. The number of anilines is 1. The van der Waals surface area contributed by atoms with E-state index in [0.29, 0.717) is 36.0 Å². The number of nitrogens with zero attached hydrogens (tertiary/aromatic N) is 6. The van der Waals surface area contributed by atoms with Crippen LogP contribution in [0.15, 0.2) is 29.8 Å². The Morgan fingerprint density at radius 3 is 2.86 bits per heavy atom. The van der Waals surface area contributed by atoms with Gasteiger partial charge in [0.1, 0.15) is 17.7 Å². The zero-order valence-electron chi connectivity index (χ0n) is 16.4. The number of likely N-dealkylation sites (tertiary alicyclic amines) is 1. The van der Waals surface area contributed by atoms with E-state index in [9.17, 15) is 0 Å². The van der Waals surface area contributed by atoms with Crippen LogP contribution >= 0.6 is 0 Å². The van der Waals surface area contributed by atoms with Gasteiger partial charge in [-0.2, -0.15) is 0 Å². The lowest BCUT2D eigenvalue weighted by molar-refractivity contribution is -0.0389. The second kappa shape index (κ2) is 7.67. The van der Waals surface area contributed by atoms with Gasteiger partial charge in [0.05, 0.1) is 19.3 Å². The molecular formula is C19H25N7O2. The summed E-state index contributed by atoms with van der Waals surface area (Å²) < 4.78 is 11.3. The number of aromatic nitrogens is 4. The molecule has 0 saturated carbocycles. The van der Waals surface area contributed by atoms with E-state index < -0.39 is 0 Å². The second-order valence-corrected chi connectivity index (χ2v) is 7.29. The maximum Gasteiger partial charge on any atom is 0.316 e. The van der Waals surface area contributed by atoms with Crippen molar-refractivity contribution in [3.63, 3.8) is 0 Å². The number of rotatable bonds is 4. The minimum absolute atomic E-state index is 0.246. The van der Waals surface area contributed by atoms with Crippen LogP contribution in [0.25, 0.3) is 11.3 Å². The SMILES string of the molecule is CCC1CCN(C)C[C@@]12CN=C(Nc1cc(-c3cnc(OC)nc3)ncn1)O2.